The highest BCUT2D eigenvalue weighted by molar-refractivity contribution is 6.31. The van der Waals surface area contributed by atoms with Crippen LogP contribution in [0.3, 0.4) is 0 Å². The molecule has 0 aliphatic heterocycles. The summed E-state index contributed by atoms with van der Waals surface area (Å²) in [5.41, 5.74) is 2.42. The number of methoxy groups -OCH3 is 1. The molecule has 1 heterocycles. The predicted octanol–water partition coefficient (Wildman–Crippen LogP) is 5.16. The maximum atomic E-state index is 13.0. The Balaban J connectivity index is 1.75. The molecule has 0 saturated carbocycles. The maximum Gasteiger partial charge on any atom is 0.254 e. The molecule has 1 aromatic heterocycles. The minimum Gasteiger partial charge on any atom is -0.493 e. The molecule has 3 aromatic rings. The van der Waals surface area contributed by atoms with Crippen LogP contribution in [0.15, 0.2) is 67.0 Å². The molecule has 2 aromatic carbocycles. The van der Waals surface area contributed by atoms with Crippen molar-refractivity contribution in [3.8, 4) is 11.5 Å². The van der Waals surface area contributed by atoms with Gasteiger partial charge in [0, 0.05) is 35.6 Å². The lowest BCUT2D eigenvalue weighted by Gasteiger charge is -2.25. The number of benzene rings is 2. The van der Waals surface area contributed by atoms with E-state index in [2.05, 4.69) is 4.98 Å². The summed E-state index contributed by atoms with van der Waals surface area (Å²) < 4.78 is 11.3. The number of nitrogens with zero attached hydrogens (tertiary/aromatic N) is 2. The van der Waals surface area contributed by atoms with Crippen molar-refractivity contribution in [1.82, 2.24) is 9.88 Å². The summed E-state index contributed by atoms with van der Waals surface area (Å²) in [7, 11) is 3.33. The quantitative estimate of drug-likeness (QED) is 0.540. The van der Waals surface area contributed by atoms with Crippen LogP contribution in [-0.4, -0.2) is 29.9 Å². The third kappa shape index (κ3) is 4.87. The van der Waals surface area contributed by atoms with Crippen LogP contribution in [0.5, 0.6) is 11.5 Å². The number of carbonyl (C=O) groups excluding carboxylic acids is 1. The molecular formula is C23H23ClN2O3. The van der Waals surface area contributed by atoms with Gasteiger partial charge in [0.2, 0.25) is 0 Å². The fraction of sp³-hybridized carbons (Fsp3) is 0.217. The van der Waals surface area contributed by atoms with Crippen LogP contribution in [0.2, 0.25) is 5.02 Å². The Bertz CT molecular complexity index is 979. The summed E-state index contributed by atoms with van der Waals surface area (Å²) in [5.74, 6) is 0.937. The Morgan fingerprint density at radius 2 is 1.83 bits per heavy atom. The third-order valence-electron chi connectivity index (χ3n) is 4.84. The minimum absolute atomic E-state index is 0.0901. The molecule has 0 aliphatic rings. The Kier molecular flexibility index (Phi) is 6.73. The molecule has 1 unspecified atom stereocenters. The second kappa shape index (κ2) is 9.43. The number of amides is 1. The Morgan fingerprint density at radius 1 is 1.10 bits per heavy atom. The van der Waals surface area contributed by atoms with Crippen LogP contribution in [0.25, 0.3) is 0 Å². The number of ether oxygens (including phenoxy) is 2. The number of aromatic nitrogens is 1. The van der Waals surface area contributed by atoms with Crippen LogP contribution < -0.4 is 9.47 Å². The summed E-state index contributed by atoms with van der Waals surface area (Å²) in [6.45, 7) is 2.29. The van der Waals surface area contributed by atoms with E-state index in [4.69, 9.17) is 21.1 Å². The molecule has 0 N–H and O–H groups in total. The van der Waals surface area contributed by atoms with Gasteiger partial charge in [0.25, 0.3) is 5.91 Å². The van der Waals surface area contributed by atoms with E-state index in [0.717, 1.165) is 11.1 Å². The molecule has 0 fully saturated rings. The molecule has 150 valence electrons. The standard InChI is InChI=1S/C23H23ClN2O3/c1-16(17-10-12-25-13-11-17)26(2)23(27)18-8-9-21(22(14-18)28-3)29-15-19-6-4-5-7-20(19)24/h4-14,16H,15H2,1-3H3. The van der Waals surface area contributed by atoms with Gasteiger partial charge in [-0.2, -0.15) is 0 Å². The van der Waals surface area contributed by atoms with Crippen LogP contribution >= 0.6 is 11.6 Å². The van der Waals surface area contributed by atoms with Gasteiger partial charge in [0.1, 0.15) is 6.61 Å². The number of pyridine rings is 1. The zero-order valence-corrected chi connectivity index (χ0v) is 17.4. The molecule has 29 heavy (non-hydrogen) atoms. The molecule has 0 radical (unpaired) electrons. The van der Waals surface area contributed by atoms with Crippen molar-refractivity contribution >= 4 is 17.5 Å². The van der Waals surface area contributed by atoms with Gasteiger partial charge in [0.15, 0.2) is 11.5 Å². The monoisotopic (exact) mass is 410 g/mol. The summed E-state index contributed by atoms with van der Waals surface area (Å²) >= 11 is 6.18. The fourth-order valence-electron chi connectivity index (χ4n) is 2.94. The summed E-state index contributed by atoms with van der Waals surface area (Å²) in [6.07, 6.45) is 3.44. The second-order valence-electron chi connectivity index (χ2n) is 6.62. The smallest absolute Gasteiger partial charge is 0.254 e. The third-order valence-corrected chi connectivity index (χ3v) is 5.21. The van der Waals surface area contributed by atoms with Crippen LogP contribution in [0.1, 0.15) is 34.5 Å². The first kappa shape index (κ1) is 20.7. The Labute approximate surface area is 175 Å². The number of hydrogen-bond donors (Lipinski definition) is 0. The van der Waals surface area contributed by atoms with E-state index >= 15 is 0 Å². The van der Waals surface area contributed by atoms with E-state index in [1.165, 1.54) is 0 Å². The van der Waals surface area contributed by atoms with Crippen molar-refractivity contribution < 1.29 is 14.3 Å². The lowest BCUT2D eigenvalue weighted by Crippen LogP contribution is -2.29. The first-order valence-electron chi connectivity index (χ1n) is 9.22. The van der Waals surface area contributed by atoms with E-state index in [-0.39, 0.29) is 11.9 Å². The number of carbonyl (C=O) groups is 1. The van der Waals surface area contributed by atoms with Gasteiger partial charge in [-0.25, -0.2) is 0 Å². The number of halogens is 1. The second-order valence-corrected chi connectivity index (χ2v) is 7.03. The Hall–Kier alpha value is -3.05. The van der Waals surface area contributed by atoms with Crippen molar-refractivity contribution in [2.45, 2.75) is 19.6 Å². The number of rotatable bonds is 7. The topological polar surface area (TPSA) is 51.7 Å². The molecule has 1 atom stereocenters. The van der Waals surface area contributed by atoms with Gasteiger partial charge < -0.3 is 14.4 Å². The highest BCUT2D eigenvalue weighted by Crippen LogP contribution is 2.31. The van der Waals surface area contributed by atoms with E-state index in [0.29, 0.717) is 28.7 Å². The van der Waals surface area contributed by atoms with Gasteiger partial charge in [-0.05, 0) is 48.9 Å². The van der Waals surface area contributed by atoms with Gasteiger partial charge in [-0.15, -0.1) is 0 Å². The van der Waals surface area contributed by atoms with E-state index < -0.39 is 0 Å². The molecule has 0 saturated heterocycles. The first-order chi connectivity index (χ1) is 14.0. The van der Waals surface area contributed by atoms with Gasteiger partial charge in [-0.3, -0.25) is 9.78 Å². The highest BCUT2D eigenvalue weighted by atomic mass is 35.5. The van der Waals surface area contributed by atoms with E-state index in [9.17, 15) is 4.79 Å². The average molecular weight is 411 g/mol. The summed E-state index contributed by atoms with van der Waals surface area (Å²) in [5, 5.41) is 0.644. The normalized spacial score (nSPS) is 11.6. The van der Waals surface area contributed by atoms with Crippen molar-refractivity contribution in [2.75, 3.05) is 14.2 Å². The highest BCUT2D eigenvalue weighted by Gasteiger charge is 2.20. The summed E-state index contributed by atoms with van der Waals surface area (Å²) in [4.78, 5) is 18.7. The average Bonchev–Trinajstić information content (AvgIpc) is 2.77. The van der Waals surface area contributed by atoms with Gasteiger partial charge >= 0.3 is 0 Å². The number of hydrogen-bond acceptors (Lipinski definition) is 4. The first-order valence-corrected chi connectivity index (χ1v) is 9.60. The van der Waals surface area contributed by atoms with Gasteiger partial charge in [0.05, 0.1) is 13.2 Å². The molecule has 1 amide bonds. The molecule has 0 aliphatic carbocycles. The molecule has 0 spiro atoms. The zero-order valence-electron chi connectivity index (χ0n) is 16.6. The minimum atomic E-state index is -0.106. The van der Waals surface area contributed by atoms with E-state index in [1.807, 2.05) is 43.3 Å². The van der Waals surface area contributed by atoms with Gasteiger partial charge in [-0.1, -0.05) is 29.8 Å². The predicted molar refractivity (Wildman–Crippen MR) is 114 cm³/mol. The van der Waals surface area contributed by atoms with E-state index in [1.54, 1.807) is 49.7 Å². The van der Waals surface area contributed by atoms with Crippen molar-refractivity contribution in [3.05, 3.63) is 88.7 Å². The molecule has 0 bridgehead atoms. The SMILES string of the molecule is COc1cc(C(=O)N(C)C(C)c2ccncc2)ccc1OCc1ccccc1Cl. The lowest BCUT2D eigenvalue weighted by atomic mass is 10.1. The molecular weight excluding hydrogens is 388 g/mol. The maximum absolute atomic E-state index is 13.0. The molecule has 6 heteroatoms. The van der Waals surface area contributed by atoms with Crippen molar-refractivity contribution in [3.63, 3.8) is 0 Å². The zero-order chi connectivity index (χ0) is 20.8. The summed E-state index contributed by atoms with van der Waals surface area (Å²) in [6, 6.07) is 16.4. The van der Waals surface area contributed by atoms with Crippen molar-refractivity contribution in [1.29, 1.82) is 0 Å². The molecule has 5 nitrogen and oxygen atoms in total. The van der Waals surface area contributed by atoms with Crippen molar-refractivity contribution in [2.24, 2.45) is 0 Å². The van der Waals surface area contributed by atoms with Crippen LogP contribution in [-0.2, 0) is 6.61 Å². The van der Waals surface area contributed by atoms with Crippen LogP contribution in [0.4, 0.5) is 0 Å². The Morgan fingerprint density at radius 3 is 2.52 bits per heavy atom. The lowest BCUT2D eigenvalue weighted by molar-refractivity contribution is 0.0742. The molecule has 3 rings (SSSR count). The fourth-order valence-corrected chi connectivity index (χ4v) is 3.13. The largest absolute Gasteiger partial charge is 0.493 e. The van der Waals surface area contributed by atoms with Crippen LogP contribution in [0, 0.1) is 0 Å².